The van der Waals surface area contributed by atoms with Crippen molar-refractivity contribution in [3.05, 3.63) is 47.0 Å². The zero-order valence-electron chi connectivity index (χ0n) is 10.3. The Morgan fingerprint density at radius 3 is 2.61 bits per heavy atom. The molecular weight excluding hydrogens is 248 g/mol. The van der Waals surface area contributed by atoms with Gasteiger partial charge in [0.05, 0.1) is 23.5 Å². The lowest BCUT2D eigenvalue weighted by Gasteiger charge is -2.11. The largest absolute Gasteiger partial charge is 0.495 e. The summed E-state index contributed by atoms with van der Waals surface area (Å²) in [6.45, 7) is 2.00. The number of nitrogens with two attached hydrogens (primary N) is 1. The van der Waals surface area contributed by atoms with Crippen LogP contribution in [0.2, 0.25) is 5.02 Å². The molecule has 0 saturated heterocycles. The van der Waals surface area contributed by atoms with E-state index < -0.39 is 0 Å². The lowest BCUT2D eigenvalue weighted by atomic mass is 10.2. The van der Waals surface area contributed by atoms with Gasteiger partial charge in [-0.3, -0.25) is 0 Å². The van der Waals surface area contributed by atoms with Crippen LogP contribution >= 0.6 is 11.6 Å². The van der Waals surface area contributed by atoms with Crippen LogP contribution in [0, 0.1) is 6.92 Å². The van der Waals surface area contributed by atoms with Crippen LogP contribution in [-0.4, -0.2) is 7.11 Å². The second-order valence-corrected chi connectivity index (χ2v) is 4.47. The number of nitrogen functional groups attached to an aromatic ring is 1. The fourth-order valence-electron chi connectivity index (χ4n) is 1.67. The monoisotopic (exact) mass is 262 g/mol. The van der Waals surface area contributed by atoms with Crippen molar-refractivity contribution in [2.24, 2.45) is 0 Å². The van der Waals surface area contributed by atoms with E-state index >= 15 is 0 Å². The van der Waals surface area contributed by atoms with Gasteiger partial charge < -0.3 is 15.8 Å². The van der Waals surface area contributed by atoms with Crippen molar-refractivity contribution in [2.75, 3.05) is 18.2 Å². The van der Waals surface area contributed by atoms with Gasteiger partial charge in [0.25, 0.3) is 0 Å². The van der Waals surface area contributed by atoms with Gasteiger partial charge in [-0.2, -0.15) is 0 Å². The van der Waals surface area contributed by atoms with Crippen molar-refractivity contribution < 1.29 is 4.74 Å². The van der Waals surface area contributed by atoms with E-state index in [1.165, 1.54) is 0 Å². The van der Waals surface area contributed by atoms with Gasteiger partial charge in [0.2, 0.25) is 0 Å². The van der Waals surface area contributed by atoms with E-state index in [0.717, 1.165) is 16.9 Å². The first-order chi connectivity index (χ1) is 8.60. The highest BCUT2D eigenvalue weighted by atomic mass is 35.5. The molecule has 2 aromatic rings. The highest BCUT2D eigenvalue weighted by Crippen LogP contribution is 2.30. The highest BCUT2D eigenvalue weighted by Gasteiger charge is 2.04. The second kappa shape index (κ2) is 5.19. The average Bonchev–Trinajstić information content (AvgIpc) is 2.35. The third-order valence-electron chi connectivity index (χ3n) is 2.64. The Hall–Kier alpha value is -1.87. The molecule has 0 aliphatic rings. The maximum atomic E-state index is 6.17. The minimum Gasteiger partial charge on any atom is -0.495 e. The smallest absolute Gasteiger partial charge is 0.143 e. The van der Waals surface area contributed by atoms with E-state index in [1.807, 2.05) is 37.3 Å². The van der Waals surface area contributed by atoms with Crippen LogP contribution in [0.3, 0.4) is 0 Å². The van der Waals surface area contributed by atoms with Crippen molar-refractivity contribution >= 4 is 28.7 Å². The number of halogens is 1. The number of anilines is 3. The zero-order chi connectivity index (χ0) is 13.1. The van der Waals surface area contributed by atoms with Crippen LogP contribution in [0.15, 0.2) is 36.4 Å². The Balaban J connectivity index is 2.28. The lowest BCUT2D eigenvalue weighted by Crippen LogP contribution is -1.96. The topological polar surface area (TPSA) is 47.3 Å². The normalized spacial score (nSPS) is 10.2. The predicted molar refractivity (Wildman–Crippen MR) is 76.9 cm³/mol. The van der Waals surface area contributed by atoms with Crippen molar-refractivity contribution in [3.63, 3.8) is 0 Å². The minimum absolute atomic E-state index is 0.609. The summed E-state index contributed by atoms with van der Waals surface area (Å²) in [7, 11) is 1.59. The Labute approximate surface area is 112 Å². The van der Waals surface area contributed by atoms with Gasteiger partial charge in [0.1, 0.15) is 5.75 Å². The zero-order valence-corrected chi connectivity index (χ0v) is 11.1. The molecule has 4 heteroatoms. The second-order valence-electron chi connectivity index (χ2n) is 4.07. The van der Waals surface area contributed by atoms with Crippen molar-refractivity contribution in [2.45, 2.75) is 6.92 Å². The fraction of sp³-hybridized carbons (Fsp3) is 0.143. The van der Waals surface area contributed by atoms with Gasteiger partial charge in [0, 0.05) is 11.8 Å². The Morgan fingerprint density at radius 2 is 1.94 bits per heavy atom. The van der Waals surface area contributed by atoms with Gasteiger partial charge in [-0.25, -0.2) is 0 Å². The summed E-state index contributed by atoms with van der Waals surface area (Å²) in [6.07, 6.45) is 0. The number of hydrogen-bond donors (Lipinski definition) is 2. The molecule has 0 aromatic heterocycles. The van der Waals surface area contributed by atoms with Crippen molar-refractivity contribution in [3.8, 4) is 5.75 Å². The molecule has 0 spiro atoms. The molecule has 0 aliphatic heterocycles. The van der Waals surface area contributed by atoms with E-state index in [1.54, 1.807) is 13.2 Å². The molecule has 18 heavy (non-hydrogen) atoms. The van der Waals surface area contributed by atoms with Crippen LogP contribution < -0.4 is 15.8 Å². The molecule has 2 rings (SSSR count). The maximum Gasteiger partial charge on any atom is 0.143 e. The Bertz CT molecular complexity index is 570. The fourth-order valence-corrected chi connectivity index (χ4v) is 1.95. The highest BCUT2D eigenvalue weighted by molar-refractivity contribution is 6.33. The third-order valence-corrected chi connectivity index (χ3v) is 2.95. The molecule has 0 heterocycles. The molecule has 0 amide bonds. The number of aryl methyl sites for hydroxylation is 1. The first kappa shape index (κ1) is 12.6. The summed E-state index contributed by atoms with van der Waals surface area (Å²) in [5, 5.41) is 3.92. The summed E-state index contributed by atoms with van der Waals surface area (Å²) in [5.41, 5.74) is 9.24. The summed E-state index contributed by atoms with van der Waals surface area (Å²) in [6, 6.07) is 11.4. The first-order valence-corrected chi connectivity index (χ1v) is 5.94. The summed E-state index contributed by atoms with van der Waals surface area (Å²) < 4.78 is 5.17. The Kier molecular flexibility index (Phi) is 3.63. The number of hydrogen-bond acceptors (Lipinski definition) is 3. The van der Waals surface area contributed by atoms with Crippen LogP contribution in [-0.2, 0) is 0 Å². The van der Waals surface area contributed by atoms with Gasteiger partial charge >= 0.3 is 0 Å². The SMILES string of the molecule is COc1cc(Nc2ccc(C)cc2Cl)ccc1N. The molecule has 2 aromatic carbocycles. The van der Waals surface area contributed by atoms with E-state index in [2.05, 4.69) is 5.32 Å². The van der Waals surface area contributed by atoms with Gasteiger partial charge in [-0.1, -0.05) is 17.7 Å². The van der Waals surface area contributed by atoms with Crippen LogP contribution in [0.25, 0.3) is 0 Å². The van der Waals surface area contributed by atoms with Crippen LogP contribution in [0.5, 0.6) is 5.75 Å². The molecule has 0 radical (unpaired) electrons. The number of ether oxygens (including phenoxy) is 1. The van der Waals surface area contributed by atoms with Crippen LogP contribution in [0.1, 0.15) is 5.56 Å². The summed E-state index contributed by atoms with van der Waals surface area (Å²) in [5.74, 6) is 0.642. The Morgan fingerprint density at radius 1 is 1.17 bits per heavy atom. The number of methoxy groups -OCH3 is 1. The molecule has 0 atom stereocenters. The summed E-state index contributed by atoms with van der Waals surface area (Å²) in [4.78, 5) is 0. The first-order valence-electron chi connectivity index (χ1n) is 5.57. The average molecular weight is 263 g/mol. The van der Waals surface area contributed by atoms with E-state index in [4.69, 9.17) is 22.1 Å². The molecule has 0 bridgehead atoms. The predicted octanol–water partition coefficient (Wildman–Crippen LogP) is 3.98. The third kappa shape index (κ3) is 2.68. The van der Waals surface area contributed by atoms with E-state index in [0.29, 0.717) is 16.5 Å². The van der Waals surface area contributed by atoms with Gasteiger partial charge in [0.15, 0.2) is 0 Å². The van der Waals surface area contributed by atoms with Gasteiger partial charge in [-0.15, -0.1) is 0 Å². The summed E-state index contributed by atoms with van der Waals surface area (Å²) >= 11 is 6.17. The molecule has 0 unspecified atom stereocenters. The number of nitrogens with one attached hydrogen (secondary N) is 1. The van der Waals surface area contributed by atoms with E-state index in [9.17, 15) is 0 Å². The molecule has 94 valence electrons. The molecule has 3 N–H and O–H groups in total. The molecule has 3 nitrogen and oxygen atoms in total. The lowest BCUT2D eigenvalue weighted by molar-refractivity contribution is 0.417. The molecule has 0 saturated carbocycles. The van der Waals surface area contributed by atoms with Crippen molar-refractivity contribution in [1.82, 2.24) is 0 Å². The quantitative estimate of drug-likeness (QED) is 0.823. The number of benzene rings is 2. The molecule has 0 aliphatic carbocycles. The standard InChI is InChI=1S/C14H15ClN2O/c1-9-3-6-13(11(15)7-9)17-10-4-5-12(16)14(8-10)18-2/h3-8,17H,16H2,1-2H3. The molecular formula is C14H15ClN2O. The van der Waals surface area contributed by atoms with Crippen LogP contribution in [0.4, 0.5) is 17.1 Å². The maximum absolute atomic E-state index is 6.17. The number of rotatable bonds is 3. The molecule has 0 fully saturated rings. The van der Waals surface area contributed by atoms with Gasteiger partial charge in [-0.05, 0) is 36.8 Å². The minimum atomic E-state index is 0.609. The van der Waals surface area contributed by atoms with E-state index in [-0.39, 0.29) is 0 Å². The van der Waals surface area contributed by atoms with Crippen molar-refractivity contribution in [1.29, 1.82) is 0 Å².